The minimum absolute atomic E-state index is 0.0756. The molecule has 1 saturated carbocycles. The Morgan fingerprint density at radius 3 is 2.48 bits per heavy atom. The van der Waals surface area contributed by atoms with Gasteiger partial charge in [0.05, 0.1) is 13.1 Å². The van der Waals surface area contributed by atoms with E-state index < -0.39 is 0 Å². The highest BCUT2D eigenvalue weighted by molar-refractivity contribution is 5.85. The zero-order valence-electron chi connectivity index (χ0n) is 14.6. The Morgan fingerprint density at radius 2 is 1.96 bits per heavy atom. The van der Waals surface area contributed by atoms with E-state index in [4.69, 9.17) is 0 Å². The smallest absolute Gasteiger partial charge is 0.242 e. The van der Waals surface area contributed by atoms with Crippen LogP contribution in [0.4, 0.5) is 0 Å². The molecule has 0 spiro atoms. The van der Waals surface area contributed by atoms with Gasteiger partial charge in [0.2, 0.25) is 11.8 Å². The SMILES string of the molecule is CCCC(=O)N(CCC)CC(=O)N(Cc1cccn1C)C1CC1. The van der Waals surface area contributed by atoms with Crippen LogP contribution in [0.3, 0.4) is 0 Å². The second kappa shape index (κ2) is 8.18. The van der Waals surface area contributed by atoms with E-state index in [1.54, 1.807) is 4.90 Å². The highest BCUT2D eigenvalue weighted by Crippen LogP contribution is 2.28. The number of nitrogens with zero attached hydrogens (tertiary/aromatic N) is 3. The molecule has 0 bridgehead atoms. The van der Waals surface area contributed by atoms with Crippen LogP contribution in [0.5, 0.6) is 0 Å². The average molecular weight is 319 g/mol. The highest BCUT2D eigenvalue weighted by Gasteiger charge is 2.33. The average Bonchev–Trinajstić information content (AvgIpc) is 3.27. The lowest BCUT2D eigenvalue weighted by Gasteiger charge is -2.27. The lowest BCUT2D eigenvalue weighted by Crippen LogP contribution is -2.44. The Morgan fingerprint density at radius 1 is 1.22 bits per heavy atom. The van der Waals surface area contributed by atoms with Gasteiger partial charge in [-0.25, -0.2) is 0 Å². The molecule has 2 amide bonds. The first-order chi connectivity index (χ1) is 11.1. The van der Waals surface area contributed by atoms with Crippen LogP contribution in [-0.2, 0) is 23.2 Å². The van der Waals surface area contributed by atoms with Crippen molar-refractivity contribution in [3.05, 3.63) is 24.0 Å². The Labute approximate surface area is 139 Å². The maximum Gasteiger partial charge on any atom is 0.242 e. The molecule has 1 aliphatic carbocycles. The van der Waals surface area contributed by atoms with Crippen molar-refractivity contribution < 1.29 is 9.59 Å². The van der Waals surface area contributed by atoms with Crippen LogP contribution in [0, 0.1) is 0 Å². The molecule has 128 valence electrons. The molecule has 0 aliphatic heterocycles. The van der Waals surface area contributed by atoms with Crippen LogP contribution in [-0.4, -0.2) is 45.3 Å². The van der Waals surface area contributed by atoms with Crippen molar-refractivity contribution in [2.45, 2.75) is 58.5 Å². The van der Waals surface area contributed by atoms with Crippen molar-refractivity contribution in [1.29, 1.82) is 0 Å². The van der Waals surface area contributed by atoms with Crippen LogP contribution in [0.25, 0.3) is 0 Å². The molecule has 0 N–H and O–H groups in total. The predicted molar refractivity (Wildman–Crippen MR) is 90.8 cm³/mol. The lowest BCUT2D eigenvalue weighted by molar-refractivity contribution is -0.141. The summed E-state index contributed by atoms with van der Waals surface area (Å²) in [6.07, 6.45) is 6.38. The Bertz CT molecular complexity index is 534. The number of carbonyl (C=O) groups excluding carboxylic acids is 2. The third kappa shape index (κ3) is 4.85. The Hall–Kier alpha value is -1.78. The summed E-state index contributed by atoms with van der Waals surface area (Å²) in [6.45, 7) is 5.55. The van der Waals surface area contributed by atoms with E-state index in [2.05, 4.69) is 10.6 Å². The molecule has 0 aromatic carbocycles. The van der Waals surface area contributed by atoms with E-state index in [1.165, 1.54) is 0 Å². The summed E-state index contributed by atoms with van der Waals surface area (Å²) < 4.78 is 2.05. The molecule has 5 heteroatoms. The van der Waals surface area contributed by atoms with E-state index >= 15 is 0 Å². The third-order valence-electron chi connectivity index (χ3n) is 4.33. The topological polar surface area (TPSA) is 45.6 Å². The number of carbonyl (C=O) groups is 2. The number of aromatic nitrogens is 1. The zero-order valence-corrected chi connectivity index (χ0v) is 14.6. The summed E-state index contributed by atoms with van der Waals surface area (Å²) in [6, 6.07) is 4.40. The Kier molecular flexibility index (Phi) is 6.25. The summed E-state index contributed by atoms with van der Waals surface area (Å²) >= 11 is 0. The van der Waals surface area contributed by atoms with Gasteiger partial charge in [0, 0.05) is 37.9 Å². The standard InChI is InChI=1S/C18H29N3O2/c1-4-7-17(22)20(11-5-2)14-18(23)21(15-9-10-15)13-16-8-6-12-19(16)3/h6,8,12,15H,4-5,7,9-11,13-14H2,1-3H3. The molecule has 0 unspecified atom stereocenters. The van der Waals surface area contributed by atoms with Gasteiger partial charge in [0.25, 0.3) is 0 Å². The second-order valence-electron chi connectivity index (χ2n) is 6.43. The van der Waals surface area contributed by atoms with E-state index in [0.29, 0.717) is 25.6 Å². The molecule has 2 rings (SSSR count). The molecular formula is C18H29N3O2. The molecule has 23 heavy (non-hydrogen) atoms. The number of hydrogen-bond acceptors (Lipinski definition) is 2. The van der Waals surface area contributed by atoms with Crippen molar-refractivity contribution >= 4 is 11.8 Å². The first-order valence-corrected chi connectivity index (χ1v) is 8.74. The maximum absolute atomic E-state index is 12.8. The molecular weight excluding hydrogens is 290 g/mol. The summed E-state index contributed by atoms with van der Waals surface area (Å²) in [4.78, 5) is 28.7. The van der Waals surface area contributed by atoms with E-state index in [9.17, 15) is 9.59 Å². The summed E-state index contributed by atoms with van der Waals surface area (Å²) in [7, 11) is 2.00. The number of hydrogen-bond donors (Lipinski definition) is 0. The van der Waals surface area contributed by atoms with Crippen molar-refractivity contribution in [2.75, 3.05) is 13.1 Å². The zero-order chi connectivity index (χ0) is 16.8. The van der Waals surface area contributed by atoms with Gasteiger partial charge in [-0.1, -0.05) is 13.8 Å². The summed E-state index contributed by atoms with van der Waals surface area (Å²) in [5.41, 5.74) is 1.13. The van der Waals surface area contributed by atoms with Gasteiger partial charge >= 0.3 is 0 Å². The van der Waals surface area contributed by atoms with Crippen LogP contribution in [0.2, 0.25) is 0 Å². The van der Waals surface area contributed by atoms with E-state index in [1.807, 2.05) is 38.1 Å². The van der Waals surface area contributed by atoms with Crippen LogP contribution in [0.1, 0.15) is 51.6 Å². The molecule has 1 heterocycles. The van der Waals surface area contributed by atoms with E-state index in [0.717, 1.165) is 31.4 Å². The summed E-state index contributed by atoms with van der Waals surface area (Å²) in [5.74, 6) is 0.170. The van der Waals surface area contributed by atoms with Gasteiger partial charge in [0.1, 0.15) is 0 Å². The van der Waals surface area contributed by atoms with Gasteiger partial charge in [0.15, 0.2) is 0 Å². The molecule has 0 saturated heterocycles. The largest absolute Gasteiger partial charge is 0.353 e. The van der Waals surface area contributed by atoms with Gasteiger partial charge in [-0.15, -0.1) is 0 Å². The van der Waals surface area contributed by atoms with Gasteiger partial charge < -0.3 is 14.4 Å². The van der Waals surface area contributed by atoms with Crippen molar-refractivity contribution in [2.24, 2.45) is 7.05 Å². The van der Waals surface area contributed by atoms with Crippen LogP contribution in [0.15, 0.2) is 18.3 Å². The van der Waals surface area contributed by atoms with Crippen molar-refractivity contribution in [3.63, 3.8) is 0 Å². The monoisotopic (exact) mass is 319 g/mol. The normalized spacial score (nSPS) is 13.9. The molecule has 1 aliphatic rings. The maximum atomic E-state index is 12.8. The first-order valence-electron chi connectivity index (χ1n) is 8.74. The third-order valence-corrected chi connectivity index (χ3v) is 4.33. The molecule has 5 nitrogen and oxygen atoms in total. The number of rotatable bonds is 9. The molecule has 0 atom stereocenters. The Balaban J connectivity index is 2.02. The van der Waals surface area contributed by atoms with Gasteiger partial charge in [-0.05, 0) is 37.8 Å². The fraction of sp³-hybridized carbons (Fsp3) is 0.667. The molecule has 1 aromatic heterocycles. The van der Waals surface area contributed by atoms with Crippen LogP contribution >= 0.6 is 0 Å². The highest BCUT2D eigenvalue weighted by atomic mass is 16.2. The fourth-order valence-electron chi connectivity index (χ4n) is 2.83. The summed E-state index contributed by atoms with van der Waals surface area (Å²) in [5, 5.41) is 0. The fourth-order valence-corrected chi connectivity index (χ4v) is 2.83. The van der Waals surface area contributed by atoms with Crippen molar-refractivity contribution in [1.82, 2.24) is 14.4 Å². The molecule has 1 fully saturated rings. The lowest BCUT2D eigenvalue weighted by atomic mass is 10.2. The minimum atomic E-state index is 0.0756. The molecule has 0 radical (unpaired) electrons. The van der Waals surface area contributed by atoms with Gasteiger partial charge in [-0.3, -0.25) is 9.59 Å². The number of amides is 2. The van der Waals surface area contributed by atoms with Crippen LogP contribution < -0.4 is 0 Å². The molecule has 1 aromatic rings. The van der Waals surface area contributed by atoms with Gasteiger partial charge in [-0.2, -0.15) is 0 Å². The second-order valence-corrected chi connectivity index (χ2v) is 6.43. The van der Waals surface area contributed by atoms with E-state index in [-0.39, 0.29) is 18.4 Å². The minimum Gasteiger partial charge on any atom is -0.353 e. The predicted octanol–water partition coefficient (Wildman–Crippen LogP) is 2.55. The number of aryl methyl sites for hydroxylation is 1. The first kappa shape index (κ1) is 17.6. The van der Waals surface area contributed by atoms with Crippen molar-refractivity contribution in [3.8, 4) is 0 Å². The quantitative estimate of drug-likeness (QED) is 0.702.